The van der Waals surface area contributed by atoms with Gasteiger partial charge in [0.25, 0.3) is 0 Å². The molecule has 7 heteroatoms. The molecule has 72 valence electrons. The molecule has 0 fully saturated rings. The second kappa shape index (κ2) is 4.37. The fourth-order valence-corrected chi connectivity index (χ4v) is 0.680. The molecule has 2 atom stereocenters. The Hall–Kier alpha value is 0.1000. The van der Waals surface area contributed by atoms with E-state index in [0.717, 1.165) is 6.92 Å². The van der Waals surface area contributed by atoms with Crippen LogP contribution in [0.1, 0.15) is 13.8 Å². The minimum absolute atomic E-state index is 0.563. The number of halogens is 1. The minimum Gasteiger partial charge on any atom is -0.449 e. The molecule has 0 spiro atoms. The van der Waals surface area contributed by atoms with Crippen LogP contribution in [0.25, 0.3) is 0 Å². The van der Waals surface area contributed by atoms with Crippen LogP contribution in [0.5, 0.6) is 0 Å². The van der Waals surface area contributed by atoms with Crippen LogP contribution in [-0.4, -0.2) is 26.4 Å². The zero-order valence-corrected chi connectivity index (χ0v) is 9.08. The molecule has 0 amide bonds. The predicted octanol–water partition coefficient (Wildman–Crippen LogP) is 0.837. The fraction of sp³-hybridized carbons (Fsp3) is 0.800. The van der Waals surface area contributed by atoms with Crippen molar-refractivity contribution in [3.63, 3.8) is 0 Å². The second-order valence-corrected chi connectivity index (χ2v) is 5.52. The van der Waals surface area contributed by atoms with Crippen LogP contribution in [0.15, 0.2) is 0 Å². The van der Waals surface area contributed by atoms with Gasteiger partial charge in [0.15, 0.2) is 5.85 Å². The van der Waals surface area contributed by atoms with Crippen molar-refractivity contribution in [1.82, 2.24) is 0 Å². The van der Waals surface area contributed by atoms with E-state index in [9.17, 15) is 9.36 Å². The van der Waals surface area contributed by atoms with E-state index in [1.54, 1.807) is 0 Å². The first-order chi connectivity index (χ1) is 5.25. The molecule has 0 aliphatic rings. The first-order valence-corrected chi connectivity index (χ1v) is 5.74. The van der Waals surface area contributed by atoms with Crippen LogP contribution >= 0.6 is 23.5 Å². The van der Waals surface area contributed by atoms with Crippen LogP contribution in [0.2, 0.25) is 0 Å². The standard InChI is InChI=1S/C5H10BrO5P/c1-3(6)5(7)11-4(2)12(8,9)10/h3-4H,1-2H3,(H2,8,9,10). The molecule has 0 bridgehead atoms. The van der Waals surface area contributed by atoms with Crippen LogP contribution in [0.4, 0.5) is 0 Å². The van der Waals surface area contributed by atoms with E-state index in [4.69, 9.17) is 9.79 Å². The molecular weight excluding hydrogens is 251 g/mol. The summed E-state index contributed by atoms with van der Waals surface area (Å²) in [5, 5.41) is 0. The van der Waals surface area contributed by atoms with E-state index in [2.05, 4.69) is 20.7 Å². The van der Waals surface area contributed by atoms with E-state index in [1.165, 1.54) is 6.92 Å². The van der Waals surface area contributed by atoms with E-state index in [-0.39, 0.29) is 0 Å². The first-order valence-electron chi connectivity index (χ1n) is 3.15. The Kier molecular flexibility index (Phi) is 4.40. The molecule has 0 aromatic rings. The van der Waals surface area contributed by atoms with Gasteiger partial charge in [0.2, 0.25) is 0 Å². The third-order valence-electron chi connectivity index (χ3n) is 1.09. The molecule has 0 aliphatic carbocycles. The number of carbonyl (C=O) groups excluding carboxylic acids is 1. The highest BCUT2D eigenvalue weighted by Gasteiger charge is 2.28. The van der Waals surface area contributed by atoms with E-state index >= 15 is 0 Å². The Bertz CT molecular complexity index is 210. The van der Waals surface area contributed by atoms with Crippen molar-refractivity contribution >= 4 is 29.5 Å². The highest BCUT2D eigenvalue weighted by molar-refractivity contribution is 9.10. The summed E-state index contributed by atoms with van der Waals surface area (Å²) in [5.41, 5.74) is 0. The number of hydrogen-bond donors (Lipinski definition) is 2. The zero-order valence-electron chi connectivity index (χ0n) is 6.60. The van der Waals surface area contributed by atoms with Crippen molar-refractivity contribution in [2.45, 2.75) is 24.5 Å². The Morgan fingerprint density at radius 1 is 1.50 bits per heavy atom. The smallest absolute Gasteiger partial charge is 0.365 e. The molecule has 0 saturated heterocycles. The van der Waals surface area contributed by atoms with Gasteiger partial charge in [0.05, 0.1) is 0 Å². The topological polar surface area (TPSA) is 83.8 Å². The summed E-state index contributed by atoms with van der Waals surface area (Å²) in [4.78, 5) is 27.3. The Morgan fingerprint density at radius 3 is 2.17 bits per heavy atom. The lowest BCUT2D eigenvalue weighted by Gasteiger charge is -2.14. The van der Waals surface area contributed by atoms with Crippen LogP contribution in [0, 0.1) is 0 Å². The highest BCUT2D eigenvalue weighted by Crippen LogP contribution is 2.41. The average molecular weight is 261 g/mol. The minimum atomic E-state index is -4.31. The van der Waals surface area contributed by atoms with Crippen molar-refractivity contribution in [1.29, 1.82) is 0 Å². The fourth-order valence-electron chi connectivity index (χ4n) is 0.331. The highest BCUT2D eigenvalue weighted by atomic mass is 79.9. The maximum absolute atomic E-state index is 10.8. The Morgan fingerprint density at radius 2 is 1.92 bits per heavy atom. The quantitative estimate of drug-likeness (QED) is 0.446. The summed E-state index contributed by atoms with van der Waals surface area (Å²) in [7, 11) is -4.31. The van der Waals surface area contributed by atoms with E-state index in [1.807, 2.05) is 0 Å². The summed E-state index contributed by atoms with van der Waals surface area (Å²) in [6.45, 7) is 2.66. The third-order valence-corrected chi connectivity index (χ3v) is 2.51. The van der Waals surface area contributed by atoms with Gasteiger partial charge in [-0.2, -0.15) is 0 Å². The lowest BCUT2D eigenvalue weighted by atomic mass is 10.5. The van der Waals surface area contributed by atoms with Gasteiger partial charge in [-0.3, -0.25) is 9.36 Å². The van der Waals surface area contributed by atoms with Crippen LogP contribution in [-0.2, 0) is 14.1 Å². The molecule has 5 nitrogen and oxygen atoms in total. The number of esters is 1. The van der Waals surface area contributed by atoms with Gasteiger partial charge in [-0.05, 0) is 13.8 Å². The summed E-state index contributed by atoms with van der Waals surface area (Å²) >= 11 is 2.91. The van der Waals surface area contributed by atoms with Gasteiger partial charge in [0.1, 0.15) is 4.83 Å². The summed E-state index contributed by atoms with van der Waals surface area (Å²) in [6, 6.07) is 0. The first kappa shape index (κ1) is 12.1. The largest absolute Gasteiger partial charge is 0.449 e. The van der Waals surface area contributed by atoms with Crippen molar-refractivity contribution in [2.24, 2.45) is 0 Å². The van der Waals surface area contributed by atoms with Crippen molar-refractivity contribution in [3.05, 3.63) is 0 Å². The van der Waals surface area contributed by atoms with E-state index < -0.39 is 24.2 Å². The number of ether oxygens (including phenoxy) is 1. The third kappa shape index (κ3) is 4.21. The molecule has 0 aromatic heterocycles. The van der Waals surface area contributed by atoms with Gasteiger partial charge >= 0.3 is 13.6 Å². The molecular formula is C5H10BrO5P. The molecule has 2 N–H and O–H groups in total. The SMILES string of the molecule is CC(Br)C(=O)OC(C)P(=O)(O)O. The second-order valence-electron chi connectivity index (χ2n) is 2.24. The van der Waals surface area contributed by atoms with Crippen LogP contribution in [0.3, 0.4) is 0 Å². The van der Waals surface area contributed by atoms with Gasteiger partial charge in [-0.1, -0.05) is 15.9 Å². The van der Waals surface area contributed by atoms with Gasteiger partial charge < -0.3 is 14.5 Å². The van der Waals surface area contributed by atoms with Gasteiger partial charge in [0, 0.05) is 0 Å². The summed E-state index contributed by atoms with van der Waals surface area (Å²) < 4.78 is 14.9. The zero-order chi connectivity index (χ0) is 9.94. The monoisotopic (exact) mass is 260 g/mol. The van der Waals surface area contributed by atoms with Crippen molar-refractivity contribution < 1.29 is 23.9 Å². The Labute approximate surface area is 78.4 Å². The van der Waals surface area contributed by atoms with Gasteiger partial charge in [-0.15, -0.1) is 0 Å². The molecule has 0 radical (unpaired) electrons. The van der Waals surface area contributed by atoms with Crippen LogP contribution < -0.4 is 0 Å². The lowest BCUT2D eigenvalue weighted by Crippen LogP contribution is -2.20. The molecule has 0 aliphatic heterocycles. The molecule has 0 saturated carbocycles. The maximum atomic E-state index is 10.8. The summed E-state index contributed by atoms with van der Waals surface area (Å²) in [6.07, 6.45) is 0. The number of carbonyl (C=O) groups is 1. The molecule has 0 rings (SSSR count). The average Bonchev–Trinajstić information content (AvgIpc) is 1.85. The lowest BCUT2D eigenvalue weighted by molar-refractivity contribution is -0.144. The molecule has 0 heterocycles. The van der Waals surface area contributed by atoms with Gasteiger partial charge in [-0.25, -0.2) is 0 Å². The summed E-state index contributed by atoms with van der Waals surface area (Å²) in [5.74, 6) is -2.07. The number of alkyl halides is 1. The van der Waals surface area contributed by atoms with Crippen molar-refractivity contribution in [3.8, 4) is 0 Å². The van der Waals surface area contributed by atoms with E-state index in [0.29, 0.717) is 0 Å². The number of hydrogen-bond acceptors (Lipinski definition) is 3. The molecule has 0 aromatic carbocycles. The predicted molar refractivity (Wildman–Crippen MR) is 46.0 cm³/mol. The number of rotatable bonds is 3. The Balaban J connectivity index is 4.11. The normalized spacial score (nSPS) is 16.8. The maximum Gasteiger partial charge on any atom is 0.365 e. The van der Waals surface area contributed by atoms with Crippen molar-refractivity contribution in [2.75, 3.05) is 0 Å². The molecule has 12 heavy (non-hydrogen) atoms. The molecule has 2 unspecified atom stereocenters.